The molecule has 0 spiro atoms. The highest BCUT2D eigenvalue weighted by molar-refractivity contribution is 6.30. The third-order valence-electron chi connectivity index (χ3n) is 3.68. The van der Waals surface area contributed by atoms with Crippen molar-refractivity contribution in [1.29, 1.82) is 0 Å². The molecule has 0 aliphatic heterocycles. The molecule has 6 nitrogen and oxygen atoms in total. The molecule has 21 heavy (non-hydrogen) atoms. The van der Waals surface area contributed by atoms with E-state index in [4.69, 9.17) is 11.6 Å². The molecule has 7 heteroatoms. The molecule has 0 fully saturated rings. The fraction of sp³-hybridized carbons (Fsp3) is 0.500. The van der Waals surface area contributed by atoms with Gasteiger partial charge in [0.05, 0.1) is 16.9 Å². The maximum absolute atomic E-state index is 12.4. The monoisotopic (exact) mass is 309 g/mol. The number of hydrogen-bond donors (Lipinski definition) is 1. The third-order valence-corrected chi connectivity index (χ3v) is 3.87. The van der Waals surface area contributed by atoms with E-state index in [0.29, 0.717) is 11.6 Å². The number of rotatable bonds is 5. The van der Waals surface area contributed by atoms with Crippen LogP contribution in [0.1, 0.15) is 29.9 Å². The van der Waals surface area contributed by atoms with Crippen LogP contribution in [-0.2, 0) is 11.2 Å². The predicted octanol–water partition coefficient (Wildman–Crippen LogP) is 2.14. The summed E-state index contributed by atoms with van der Waals surface area (Å²) in [5.41, 5.74) is 3.21. The Morgan fingerprint density at radius 3 is 2.76 bits per heavy atom. The lowest BCUT2D eigenvalue weighted by Gasteiger charge is -2.21. The molecule has 0 bridgehead atoms. The normalized spacial score (nSPS) is 12.4. The zero-order valence-electron chi connectivity index (χ0n) is 12.7. The molecule has 0 radical (unpaired) electrons. The Bertz CT molecular complexity index is 614. The van der Waals surface area contributed by atoms with E-state index in [1.807, 2.05) is 20.8 Å². The number of aryl methyl sites for hydroxylation is 2. The predicted molar refractivity (Wildman–Crippen MR) is 81.4 cm³/mol. The van der Waals surface area contributed by atoms with Gasteiger partial charge in [-0.25, -0.2) is 0 Å². The molecule has 0 aliphatic carbocycles. The first-order valence-corrected chi connectivity index (χ1v) is 7.23. The first-order chi connectivity index (χ1) is 9.90. The van der Waals surface area contributed by atoms with Crippen LogP contribution in [0.5, 0.6) is 0 Å². The molecular weight excluding hydrogens is 290 g/mol. The Kier molecular flexibility index (Phi) is 4.67. The van der Waals surface area contributed by atoms with Crippen molar-refractivity contribution in [2.45, 2.75) is 33.2 Å². The lowest BCUT2D eigenvalue weighted by Crippen LogP contribution is -2.34. The first-order valence-electron chi connectivity index (χ1n) is 6.85. The number of H-pyrrole nitrogens is 1. The van der Waals surface area contributed by atoms with E-state index in [2.05, 4.69) is 15.3 Å². The van der Waals surface area contributed by atoms with E-state index >= 15 is 0 Å². The van der Waals surface area contributed by atoms with Crippen molar-refractivity contribution < 1.29 is 4.79 Å². The maximum atomic E-state index is 12.4. The SMILES string of the molecule is Cc1n[nH]c(C)c1CCN(C)C(=O)[C@H](C)n1cc(Cl)cn1. The standard InChI is InChI=1S/C14H20ClN5O/c1-9-13(10(2)18-17-9)5-6-19(4)14(21)11(3)20-8-12(15)7-16-20/h7-8,11H,5-6H2,1-4H3,(H,17,18)/t11-/m0/s1. The number of aromatic nitrogens is 4. The van der Waals surface area contributed by atoms with Gasteiger partial charge in [-0.05, 0) is 32.8 Å². The number of amides is 1. The van der Waals surface area contributed by atoms with Crippen molar-refractivity contribution in [2.24, 2.45) is 0 Å². The van der Waals surface area contributed by atoms with Crippen LogP contribution < -0.4 is 0 Å². The number of carbonyl (C=O) groups is 1. The number of halogens is 1. The summed E-state index contributed by atoms with van der Waals surface area (Å²) >= 11 is 5.83. The van der Waals surface area contributed by atoms with E-state index in [1.54, 1.807) is 22.8 Å². The zero-order chi connectivity index (χ0) is 15.6. The van der Waals surface area contributed by atoms with Crippen molar-refractivity contribution in [2.75, 3.05) is 13.6 Å². The van der Waals surface area contributed by atoms with Crippen LogP contribution in [0.4, 0.5) is 0 Å². The van der Waals surface area contributed by atoms with Gasteiger partial charge in [0.25, 0.3) is 0 Å². The fourth-order valence-electron chi connectivity index (χ4n) is 2.29. The van der Waals surface area contributed by atoms with E-state index in [-0.39, 0.29) is 11.9 Å². The largest absolute Gasteiger partial charge is 0.344 e. The minimum Gasteiger partial charge on any atom is -0.344 e. The zero-order valence-corrected chi connectivity index (χ0v) is 13.5. The van der Waals surface area contributed by atoms with Gasteiger partial charge in [0.1, 0.15) is 6.04 Å². The quantitative estimate of drug-likeness (QED) is 0.920. The number of nitrogens with zero attached hydrogens (tertiary/aromatic N) is 4. The van der Waals surface area contributed by atoms with Gasteiger partial charge in [0.2, 0.25) is 5.91 Å². The summed E-state index contributed by atoms with van der Waals surface area (Å²) < 4.78 is 1.58. The van der Waals surface area contributed by atoms with Gasteiger partial charge in [0.15, 0.2) is 0 Å². The van der Waals surface area contributed by atoms with Crippen LogP contribution in [0.2, 0.25) is 5.02 Å². The van der Waals surface area contributed by atoms with Gasteiger partial charge >= 0.3 is 0 Å². The molecule has 2 rings (SSSR count). The van der Waals surface area contributed by atoms with Crippen LogP contribution in [0.25, 0.3) is 0 Å². The number of aromatic amines is 1. The lowest BCUT2D eigenvalue weighted by atomic mass is 10.1. The van der Waals surface area contributed by atoms with Gasteiger partial charge in [-0.2, -0.15) is 10.2 Å². The molecule has 0 aliphatic rings. The van der Waals surface area contributed by atoms with Gasteiger partial charge in [-0.1, -0.05) is 11.6 Å². The molecule has 2 aromatic rings. The van der Waals surface area contributed by atoms with Gasteiger partial charge < -0.3 is 4.90 Å². The van der Waals surface area contributed by atoms with E-state index in [1.165, 1.54) is 11.8 Å². The smallest absolute Gasteiger partial charge is 0.246 e. The number of carbonyl (C=O) groups excluding carboxylic acids is 1. The molecule has 0 aromatic carbocycles. The Morgan fingerprint density at radius 1 is 1.52 bits per heavy atom. The summed E-state index contributed by atoms with van der Waals surface area (Å²) in [6.45, 7) is 6.41. The Balaban J connectivity index is 1.96. The van der Waals surface area contributed by atoms with Crippen LogP contribution in [0.3, 0.4) is 0 Å². The van der Waals surface area contributed by atoms with Crippen LogP contribution >= 0.6 is 11.6 Å². The van der Waals surface area contributed by atoms with E-state index < -0.39 is 0 Å². The number of nitrogens with one attached hydrogen (secondary N) is 1. The molecule has 114 valence electrons. The Hall–Kier alpha value is -1.82. The van der Waals surface area contributed by atoms with Gasteiger partial charge in [0, 0.05) is 25.5 Å². The van der Waals surface area contributed by atoms with Crippen molar-refractivity contribution in [3.8, 4) is 0 Å². The van der Waals surface area contributed by atoms with Gasteiger partial charge in [-0.15, -0.1) is 0 Å². The summed E-state index contributed by atoms with van der Waals surface area (Å²) in [7, 11) is 1.80. The summed E-state index contributed by atoms with van der Waals surface area (Å²) in [6.07, 6.45) is 3.97. The molecule has 1 atom stereocenters. The van der Waals surface area contributed by atoms with Crippen molar-refractivity contribution in [3.63, 3.8) is 0 Å². The van der Waals surface area contributed by atoms with Crippen LogP contribution in [-0.4, -0.2) is 44.4 Å². The molecule has 1 N–H and O–H groups in total. The molecule has 0 saturated heterocycles. The number of hydrogen-bond acceptors (Lipinski definition) is 3. The maximum Gasteiger partial charge on any atom is 0.246 e. The Morgan fingerprint density at radius 2 is 2.24 bits per heavy atom. The van der Waals surface area contributed by atoms with Crippen molar-refractivity contribution in [3.05, 3.63) is 34.4 Å². The second-order valence-corrected chi connectivity index (χ2v) is 5.67. The molecule has 2 heterocycles. The summed E-state index contributed by atoms with van der Waals surface area (Å²) in [5, 5.41) is 11.7. The average Bonchev–Trinajstić information content (AvgIpc) is 3.02. The molecular formula is C14H20ClN5O. The van der Waals surface area contributed by atoms with Crippen LogP contribution in [0.15, 0.2) is 12.4 Å². The second kappa shape index (κ2) is 6.30. The summed E-state index contributed by atoms with van der Waals surface area (Å²) in [5.74, 6) is 0.00793. The van der Waals surface area contributed by atoms with E-state index in [0.717, 1.165) is 17.8 Å². The minimum absolute atomic E-state index is 0.00793. The summed E-state index contributed by atoms with van der Waals surface area (Å²) in [6, 6.07) is -0.367. The highest BCUT2D eigenvalue weighted by atomic mass is 35.5. The highest BCUT2D eigenvalue weighted by Gasteiger charge is 2.20. The topological polar surface area (TPSA) is 66.8 Å². The average molecular weight is 310 g/mol. The molecule has 0 unspecified atom stereocenters. The highest BCUT2D eigenvalue weighted by Crippen LogP contribution is 2.14. The minimum atomic E-state index is -0.367. The summed E-state index contributed by atoms with van der Waals surface area (Å²) in [4.78, 5) is 14.1. The van der Waals surface area contributed by atoms with Crippen LogP contribution in [0, 0.1) is 13.8 Å². The second-order valence-electron chi connectivity index (χ2n) is 5.24. The Labute approximate surface area is 129 Å². The first kappa shape index (κ1) is 15.6. The fourth-order valence-corrected chi connectivity index (χ4v) is 2.43. The number of likely N-dealkylation sites (N-methyl/N-ethyl adjacent to an activating group) is 1. The molecule has 1 amide bonds. The lowest BCUT2D eigenvalue weighted by molar-refractivity contribution is -0.133. The molecule has 0 saturated carbocycles. The van der Waals surface area contributed by atoms with Crippen molar-refractivity contribution in [1.82, 2.24) is 24.9 Å². The molecule has 2 aromatic heterocycles. The van der Waals surface area contributed by atoms with Crippen molar-refractivity contribution >= 4 is 17.5 Å². The van der Waals surface area contributed by atoms with Gasteiger partial charge in [-0.3, -0.25) is 14.6 Å². The van der Waals surface area contributed by atoms with E-state index in [9.17, 15) is 4.79 Å². The third kappa shape index (κ3) is 3.44.